The van der Waals surface area contributed by atoms with Gasteiger partial charge in [-0.05, 0) is 42.2 Å². The molecule has 2 aromatic carbocycles. The molecule has 0 atom stereocenters. The smallest absolute Gasteiger partial charge is 0.205 e. The molecule has 0 fully saturated rings. The zero-order valence-corrected chi connectivity index (χ0v) is 11.7. The van der Waals surface area contributed by atoms with Crippen LogP contribution in [0.15, 0.2) is 48.5 Å². The van der Waals surface area contributed by atoms with Gasteiger partial charge in [-0.3, -0.25) is 0 Å². The molecule has 100 valence electrons. The lowest BCUT2D eigenvalue weighted by Gasteiger charge is -2.10. The number of rotatable bonds is 5. The number of benzene rings is 2. The van der Waals surface area contributed by atoms with Crippen LogP contribution in [-0.2, 0) is 6.42 Å². The SMILES string of the molecule is Cc1cc(OCP(O)O)ccc1Cc1ccccc1. The van der Waals surface area contributed by atoms with E-state index >= 15 is 0 Å². The summed E-state index contributed by atoms with van der Waals surface area (Å²) >= 11 is 0. The van der Waals surface area contributed by atoms with Crippen LogP contribution in [0.1, 0.15) is 16.7 Å². The molecule has 4 heteroatoms. The van der Waals surface area contributed by atoms with Gasteiger partial charge in [0.25, 0.3) is 0 Å². The molecule has 2 N–H and O–H groups in total. The van der Waals surface area contributed by atoms with Crippen molar-refractivity contribution < 1.29 is 14.5 Å². The van der Waals surface area contributed by atoms with Crippen molar-refractivity contribution in [1.82, 2.24) is 0 Å². The molecule has 0 aliphatic carbocycles. The van der Waals surface area contributed by atoms with Crippen LogP contribution < -0.4 is 4.74 Å². The summed E-state index contributed by atoms with van der Waals surface area (Å²) in [5.74, 6) is 0.671. The Morgan fingerprint density at radius 3 is 2.42 bits per heavy atom. The van der Waals surface area contributed by atoms with Crippen LogP contribution in [0.2, 0.25) is 0 Å². The molecule has 0 amide bonds. The van der Waals surface area contributed by atoms with Gasteiger partial charge in [-0.1, -0.05) is 36.4 Å². The average molecular weight is 276 g/mol. The maximum absolute atomic E-state index is 8.83. The van der Waals surface area contributed by atoms with E-state index in [-0.39, 0.29) is 6.35 Å². The summed E-state index contributed by atoms with van der Waals surface area (Å²) < 4.78 is 5.28. The molecular weight excluding hydrogens is 259 g/mol. The monoisotopic (exact) mass is 276 g/mol. The minimum Gasteiger partial charge on any atom is -0.484 e. The molecule has 0 radical (unpaired) electrons. The van der Waals surface area contributed by atoms with Gasteiger partial charge in [0.15, 0.2) is 6.35 Å². The van der Waals surface area contributed by atoms with E-state index in [2.05, 4.69) is 12.1 Å². The molecule has 0 saturated heterocycles. The number of hydrogen-bond donors (Lipinski definition) is 2. The average Bonchev–Trinajstić information content (AvgIpc) is 2.40. The van der Waals surface area contributed by atoms with Crippen molar-refractivity contribution in [3.05, 3.63) is 65.2 Å². The molecule has 0 unspecified atom stereocenters. The molecule has 0 aromatic heterocycles. The Kier molecular flexibility index (Phi) is 4.92. The first-order valence-corrected chi connectivity index (χ1v) is 7.50. The Hall–Kier alpha value is -1.41. The van der Waals surface area contributed by atoms with Crippen molar-refractivity contribution >= 4 is 8.38 Å². The zero-order valence-electron chi connectivity index (χ0n) is 10.8. The van der Waals surface area contributed by atoms with Crippen LogP contribution in [0.3, 0.4) is 0 Å². The topological polar surface area (TPSA) is 49.7 Å². The first-order valence-electron chi connectivity index (χ1n) is 6.06. The number of ether oxygens (including phenoxy) is 1. The van der Waals surface area contributed by atoms with Gasteiger partial charge in [0.2, 0.25) is 8.38 Å². The number of aryl methyl sites for hydroxylation is 1. The lowest BCUT2D eigenvalue weighted by Crippen LogP contribution is -1.97. The molecule has 2 aromatic rings. The van der Waals surface area contributed by atoms with Gasteiger partial charge >= 0.3 is 0 Å². The van der Waals surface area contributed by atoms with E-state index in [1.54, 1.807) is 0 Å². The minimum absolute atomic E-state index is 0.0488. The van der Waals surface area contributed by atoms with E-state index in [9.17, 15) is 0 Å². The van der Waals surface area contributed by atoms with Crippen LogP contribution in [0, 0.1) is 6.92 Å². The summed E-state index contributed by atoms with van der Waals surface area (Å²) in [6.07, 6.45) is 0.840. The quantitative estimate of drug-likeness (QED) is 0.824. The fraction of sp³-hybridized carbons (Fsp3) is 0.200. The Bertz CT molecular complexity index is 526. The summed E-state index contributed by atoms with van der Waals surface area (Å²) in [4.78, 5) is 17.7. The largest absolute Gasteiger partial charge is 0.484 e. The highest BCUT2D eigenvalue weighted by Crippen LogP contribution is 2.26. The van der Waals surface area contributed by atoms with Crippen molar-refractivity contribution in [3.8, 4) is 5.75 Å². The highest BCUT2D eigenvalue weighted by Gasteiger charge is 2.04. The van der Waals surface area contributed by atoms with Gasteiger partial charge in [0, 0.05) is 0 Å². The third kappa shape index (κ3) is 4.32. The third-order valence-electron chi connectivity index (χ3n) is 2.90. The van der Waals surface area contributed by atoms with Crippen molar-refractivity contribution in [2.75, 3.05) is 6.35 Å². The molecule has 0 saturated carbocycles. The molecule has 0 aliphatic heterocycles. The molecule has 0 bridgehead atoms. The lowest BCUT2D eigenvalue weighted by atomic mass is 10.0. The third-order valence-corrected chi connectivity index (χ3v) is 3.26. The van der Waals surface area contributed by atoms with E-state index in [1.807, 2.05) is 43.3 Å². The summed E-state index contributed by atoms with van der Waals surface area (Å²) in [5, 5.41) is 0. The first-order chi connectivity index (χ1) is 9.15. The summed E-state index contributed by atoms with van der Waals surface area (Å²) in [6, 6.07) is 16.1. The van der Waals surface area contributed by atoms with Crippen LogP contribution in [0.25, 0.3) is 0 Å². The van der Waals surface area contributed by atoms with Crippen molar-refractivity contribution in [1.29, 1.82) is 0 Å². The van der Waals surface area contributed by atoms with E-state index < -0.39 is 8.38 Å². The minimum atomic E-state index is -2.00. The predicted molar refractivity (Wildman–Crippen MR) is 77.3 cm³/mol. The fourth-order valence-electron chi connectivity index (χ4n) is 1.90. The van der Waals surface area contributed by atoms with Crippen molar-refractivity contribution in [2.45, 2.75) is 13.3 Å². The molecule has 2 rings (SSSR count). The first kappa shape index (κ1) is 14.0. The molecule has 0 heterocycles. The standard InChI is InChI=1S/C15H17O3P/c1-12-9-15(18-11-19(16)17)8-7-14(12)10-13-5-3-2-4-6-13/h2-9,16-17H,10-11H2,1H3. The van der Waals surface area contributed by atoms with E-state index in [1.165, 1.54) is 11.1 Å². The van der Waals surface area contributed by atoms with Crippen molar-refractivity contribution in [3.63, 3.8) is 0 Å². The highest BCUT2D eigenvalue weighted by molar-refractivity contribution is 7.44. The fourth-order valence-corrected chi connectivity index (χ4v) is 2.17. The Labute approximate surface area is 114 Å². The van der Waals surface area contributed by atoms with E-state index in [4.69, 9.17) is 14.5 Å². The van der Waals surface area contributed by atoms with Gasteiger partial charge in [-0.15, -0.1) is 0 Å². The van der Waals surface area contributed by atoms with Crippen molar-refractivity contribution in [2.24, 2.45) is 0 Å². The molecule has 19 heavy (non-hydrogen) atoms. The summed E-state index contributed by atoms with van der Waals surface area (Å²) in [6.45, 7) is 2.03. The Morgan fingerprint density at radius 2 is 1.79 bits per heavy atom. The van der Waals surface area contributed by atoms with Gasteiger partial charge in [0.05, 0.1) is 0 Å². The summed E-state index contributed by atoms with van der Waals surface area (Å²) in [5.41, 5.74) is 3.66. The van der Waals surface area contributed by atoms with Crippen LogP contribution in [-0.4, -0.2) is 16.1 Å². The van der Waals surface area contributed by atoms with Crippen LogP contribution >= 0.6 is 8.38 Å². The Morgan fingerprint density at radius 1 is 1.05 bits per heavy atom. The van der Waals surface area contributed by atoms with E-state index in [0.29, 0.717) is 5.75 Å². The second-order valence-electron chi connectivity index (χ2n) is 4.40. The van der Waals surface area contributed by atoms with E-state index in [0.717, 1.165) is 12.0 Å². The highest BCUT2D eigenvalue weighted by atomic mass is 31.2. The van der Waals surface area contributed by atoms with Gasteiger partial charge in [-0.25, -0.2) is 0 Å². The van der Waals surface area contributed by atoms with Gasteiger partial charge in [-0.2, -0.15) is 0 Å². The van der Waals surface area contributed by atoms with Gasteiger partial charge in [0.1, 0.15) is 5.75 Å². The molecule has 0 aliphatic rings. The molecule has 3 nitrogen and oxygen atoms in total. The second-order valence-corrected chi connectivity index (χ2v) is 5.40. The second kappa shape index (κ2) is 6.67. The van der Waals surface area contributed by atoms with Gasteiger partial charge < -0.3 is 14.5 Å². The molecular formula is C15H17O3P. The lowest BCUT2D eigenvalue weighted by molar-refractivity contribution is 0.347. The van der Waals surface area contributed by atoms with Crippen LogP contribution in [0.4, 0.5) is 0 Å². The summed E-state index contributed by atoms with van der Waals surface area (Å²) in [7, 11) is -2.00. The Balaban J connectivity index is 2.07. The maximum atomic E-state index is 8.83. The molecule has 0 spiro atoms. The normalized spacial score (nSPS) is 10.7. The maximum Gasteiger partial charge on any atom is 0.205 e. The van der Waals surface area contributed by atoms with Crippen LogP contribution in [0.5, 0.6) is 5.75 Å². The number of hydrogen-bond acceptors (Lipinski definition) is 3. The predicted octanol–water partition coefficient (Wildman–Crippen LogP) is 3.22. The zero-order chi connectivity index (χ0) is 13.7.